The molecule has 0 radical (unpaired) electrons. The molecule has 0 unspecified atom stereocenters. The lowest BCUT2D eigenvalue weighted by Crippen LogP contribution is -2.66. The van der Waals surface area contributed by atoms with Crippen LogP contribution in [0.3, 0.4) is 0 Å². The van der Waals surface area contributed by atoms with E-state index in [0.717, 1.165) is 25.2 Å². The summed E-state index contributed by atoms with van der Waals surface area (Å²) in [6.07, 6.45) is 11.6. The summed E-state index contributed by atoms with van der Waals surface area (Å²) in [4.78, 5) is 26.1. The number of hydrogen-bond donors (Lipinski definition) is 1. The minimum atomic E-state index is -0.784. The van der Waals surface area contributed by atoms with Crippen LogP contribution in [0.4, 0.5) is 0 Å². The number of fused-ring (bicyclic) bond motifs is 7. The summed E-state index contributed by atoms with van der Waals surface area (Å²) >= 11 is 0. The second-order valence-electron chi connectivity index (χ2n) is 14.2. The van der Waals surface area contributed by atoms with E-state index in [0.29, 0.717) is 35.9 Å². The number of ketones is 1. The van der Waals surface area contributed by atoms with Gasteiger partial charge in [0.05, 0.1) is 5.41 Å². The van der Waals surface area contributed by atoms with E-state index < -0.39 is 16.8 Å². The van der Waals surface area contributed by atoms with E-state index in [1.54, 1.807) is 5.57 Å². The highest BCUT2D eigenvalue weighted by Crippen LogP contribution is 2.75. The molecule has 3 nitrogen and oxygen atoms in total. The van der Waals surface area contributed by atoms with E-state index in [2.05, 4.69) is 47.6 Å². The van der Waals surface area contributed by atoms with Gasteiger partial charge in [0.2, 0.25) is 0 Å². The van der Waals surface area contributed by atoms with Crippen LogP contribution in [-0.2, 0) is 9.59 Å². The van der Waals surface area contributed by atoms with Gasteiger partial charge in [-0.1, -0.05) is 53.2 Å². The third kappa shape index (κ3) is 2.69. The van der Waals surface area contributed by atoms with Crippen LogP contribution in [0.2, 0.25) is 0 Å². The van der Waals surface area contributed by atoms with Gasteiger partial charge < -0.3 is 5.11 Å². The summed E-state index contributed by atoms with van der Waals surface area (Å²) in [6.45, 7) is 16.6. The van der Waals surface area contributed by atoms with Gasteiger partial charge >= 0.3 is 5.97 Å². The van der Waals surface area contributed by atoms with Gasteiger partial charge in [0.15, 0.2) is 0 Å². The van der Waals surface area contributed by atoms with Crippen molar-refractivity contribution in [1.29, 1.82) is 0 Å². The maximum absolute atomic E-state index is 13.7. The third-order valence-electron chi connectivity index (χ3n) is 13.2. The molecule has 4 saturated carbocycles. The van der Waals surface area contributed by atoms with Crippen molar-refractivity contribution in [2.75, 3.05) is 0 Å². The quantitative estimate of drug-likeness (QED) is 0.423. The molecule has 10 atom stereocenters. The molecule has 1 N–H and O–H groups in total. The molecule has 0 heterocycles. The number of aliphatic carboxylic acids is 1. The van der Waals surface area contributed by atoms with Gasteiger partial charge in [-0.3, -0.25) is 9.59 Å². The molecule has 4 fully saturated rings. The van der Waals surface area contributed by atoms with Crippen LogP contribution in [0.1, 0.15) is 106 Å². The molecule has 0 aliphatic heterocycles. The first kappa shape index (κ1) is 23.6. The highest BCUT2D eigenvalue weighted by Gasteiger charge is 2.70. The summed E-state index contributed by atoms with van der Waals surface area (Å²) in [5.74, 6) is 1.94. The minimum absolute atomic E-state index is 0.0521. The van der Waals surface area contributed by atoms with Crippen molar-refractivity contribution in [2.24, 2.45) is 56.7 Å². The Hall–Kier alpha value is -1.12. The van der Waals surface area contributed by atoms with Gasteiger partial charge in [-0.05, 0) is 104 Å². The topological polar surface area (TPSA) is 54.4 Å². The number of allylic oxidation sites excluding steroid dienone is 2. The normalized spacial score (nSPS) is 56.0. The number of carboxylic acid groups (broad SMARTS) is 1. The van der Waals surface area contributed by atoms with Crippen LogP contribution in [0, 0.1) is 56.7 Å². The summed E-state index contributed by atoms with van der Waals surface area (Å²) in [7, 11) is 0. The van der Waals surface area contributed by atoms with Gasteiger partial charge in [-0.25, -0.2) is 0 Å². The monoisotopic (exact) mass is 454 g/mol. The predicted molar refractivity (Wildman–Crippen MR) is 132 cm³/mol. The van der Waals surface area contributed by atoms with Crippen molar-refractivity contribution in [3.8, 4) is 0 Å². The fourth-order valence-corrected chi connectivity index (χ4v) is 10.5. The van der Waals surface area contributed by atoms with Crippen molar-refractivity contribution in [1.82, 2.24) is 0 Å². The summed E-state index contributed by atoms with van der Waals surface area (Å²) in [6, 6.07) is 0. The van der Waals surface area contributed by atoms with Crippen LogP contribution in [0.25, 0.3) is 0 Å². The van der Waals surface area contributed by atoms with Crippen LogP contribution in [0.15, 0.2) is 11.6 Å². The largest absolute Gasteiger partial charge is 0.481 e. The van der Waals surface area contributed by atoms with Gasteiger partial charge in [-0.15, -0.1) is 0 Å². The second-order valence-corrected chi connectivity index (χ2v) is 14.2. The van der Waals surface area contributed by atoms with Crippen LogP contribution in [-0.4, -0.2) is 16.9 Å². The Morgan fingerprint density at radius 2 is 1.64 bits per heavy atom. The van der Waals surface area contributed by atoms with E-state index >= 15 is 0 Å². The molecule has 0 aromatic heterocycles. The lowest BCUT2D eigenvalue weighted by molar-refractivity contribution is -0.197. The van der Waals surface area contributed by atoms with Crippen molar-refractivity contribution in [3.63, 3.8) is 0 Å². The number of hydrogen-bond acceptors (Lipinski definition) is 2. The van der Waals surface area contributed by atoms with Gasteiger partial charge in [0.25, 0.3) is 0 Å². The number of rotatable bonds is 1. The molecule has 3 heteroatoms. The average Bonchev–Trinajstić information content (AvgIpc) is 2.75. The fourth-order valence-electron chi connectivity index (χ4n) is 10.5. The Bertz CT molecular complexity index is 920. The molecule has 0 amide bonds. The van der Waals surface area contributed by atoms with Crippen molar-refractivity contribution in [3.05, 3.63) is 11.6 Å². The molecule has 0 bridgehead atoms. The number of carbonyl (C=O) groups is 2. The third-order valence-corrected chi connectivity index (χ3v) is 13.2. The molecule has 0 spiro atoms. The lowest BCUT2D eigenvalue weighted by Gasteiger charge is -2.70. The Kier molecular flexibility index (Phi) is 4.99. The Morgan fingerprint density at radius 3 is 2.30 bits per heavy atom. The standard InChI is InChI=1S/C30H46O3/c1-18-10-13-26(3)16-17-28(5)20(24(26)19(18)2)8-9-22-29(28,6)15-11-21-27(4,25(32)33)14-12-23(31)30(21,22)7/h8,18-19,21-22,24H,9-17H2,1-7H3,(H,32,33)/t18-,19+,21+,22+,24+,26-,27+,28-,29-,30+/m1/s1. The van der Waals surface area contributed by atoms with Crippen molar-refractivity contribution < 1.29 is 14.7 Å². The zero-order valence-electron chi connectivity index (χ0n) is 22.1. The lowest BCUT2D eigenvalue weighted by atomic mass is 9.33. The fraction of sp³-hybridized carbons (Fsp3) is 0.867. The van der Waals surface area contributed by atoms with Crippen LogP contribution >= 0.6 is 0 Å². The van der Waals surface area contributed by atoms with E-state index in [1.807, 2.05) is 6.92 Å². The zero-order valence-corrected chi connectivity index (χ0v) is 22.1. The van der Waals surface area contributed by atoms with E-state index in [-0.39, 0.29) is 22.7 Å². The Morgan fingerprint density at radius 1 is 0.939 bits per heavy atom. The first-order valence-corrected chi connectivity index (χ1v) is 13.7. The summed E-state index contributed by atoms with van der Waals surface area (Å²) in [5, 5.41) is 10.2. The molecular weight excluding hydrogens is 408 g/mol. The maximum Gasteiger partial charge on any atom is 0.309 e. The zero-order chi connectivity index (χ0) is 24.2. The molecule has 184 valence electrons. The molecule has 5 rings (SSSR count). The maximum atomic E-state index is 13.7. The van der Waals surface area contributed by atoms with E-state index in [4.69, 9.17) is 0 Å². The predicted octanol–water partition coefficient (Wildman–Crippen LogP) is 7.30. The SMILES string of the molecule is C[C@H]1[C@H](C)CC[C@]2(C)CC[C@]3(C)C(=CC[C@@H]4[C@@]5(C)C(=O)CC[C@](C)(C(=O)O)[C@@H]5CC[C@]43C)[C@H]12. The first-order valence-electron chi connectivity index (χ1n) is 13.7. The number of carbonyl (C=O) groups excluding carboxylic acids is 1. The molecule has 0 saturated heterocycles. The Balaban J connectivity index is 1.63. The van der Waals surface area contributed by atoms with Crippen molar-refractivity contribution >= 4 is 11.8 Å². The molecular formula is C30H46O3. The van der Waals surface area contributed by atoms with Crippen LogP contribution < -0.4 is 0 Å². The highest BCUT2D eigenvalue weighted by molar-refractivity contribution is 5.89. The molecule has 0 aromatic rings. The molecule has 5 aliphatic rings. The molecule has 0 aromatic carbocycles. The highest BCUT2D eigenvalue weighted by atomic mass is 16.4. The van der Waals surface area contributed by atoms with Crippen LogP contribution in [0.5, 0.6) is 0 Å². The molecule has 5 aliphatic carbocycles. The first-order chi connectivity index (χ1) is 15.3. The smallest absolute Gasteiger partial charge is 0.309 e. The molecule has 33 heavy (non-hydrogen) atoms. The number of Topliss-reactive ketones (excluding diaryl/α,β-unsaturated/α-hetero) is 1. The van der Waals surface area contributed by atoms with Gasteiger partial charge in [0.1, 0.15) is 5.78 Å². The summed E-state index contributed by atoms with van der Waals surface area (Å²) in [5.41, 5.74) is 0.959. The van der Waals surface area contributed by atoms with E-state index in [9.17, 15) is 14.7 Å². The van der Waals surface area contributed by atoms with Gasteiger partial charge in [0, 0.05) is 11.8 Å². The minimum Gasteiger partial charge on any atom is -0.481 e. The Labute approximate surface area is 201 Å². The van der Waals surface area contributed by atoms with Crippen molar-refractivity contribution in [2.45, 2.75) is 106 Å². The summed E-state index contributed by atoms with van der Waals surface area (Å²) < 4.78 is 0. The second kappa shape index (κ2) is 6.97. The van der Waals surface area contributed by atoms with E-state index in [1.165, 1.54) is 25.7 Å². The average molecular weight is 455 g/mol. The van der Waals surface area contributed by atoms with Gasteiger partial charge in [-0.2, -0.15) is 0 Å². The number of carboxylic acids is 1.